The number of amides is 5. The van der Waals surface area contributed by atoms with Crippen LogP contribution < -0.4 is 27.0 Å². The van der Waals surface area contributed by atoms with Crippen molar-refractivity contribution < 1.29 is 37.9 Å². The normalized spacial score (nSPS) is 12.1. The number of primary amides is 1. The van der Waals surface area contributed by atoms with E-state index in [0.717, 1.165) is 0 Å². The number of hydrogen-bond donors (Lipinski definition) is 6. The number of nitrogens with two attached hydrogens (primary N) is 1. The van der Waals surface area contributed by atoms with Gasteiger partial charge < -0.3 is 30.3 Å². The van der Waals surface area contributed by atoms with E-state index in [1.807, 2.05) is 5.32 Å². The van der Waals surface area contributed by atoms with Crippen LogP contribution in [0.4, 0.5) is 9.59 Å². The van der Waals surface area contributed by atoms with E-state index in [-0.39, 0.29) is 17.9 Å². The standard InChI is InChI=1S/C23H36N6O8/c1-22(2,3)36-20(33)26-12-8-7-9-13(16(24)30)27-17(31)14-10-11-15(35-14)18(32)28-19(25)29-21(34)37-23(4,5)6/h10-11,13H,7-9,12H2,1-6H3,(H2,24,30)(H,26,33)(H,27,31)(H3,25,28,29,32,34)/t13-/m0/s1. The van der Waals surface area contributed by atoms with Crippen molar-refractivity contribution in [2.75, 3.05) is 6.54 Å². The number of carbonyl (C=O) groups is 5. The van der Waals surface area contributed by atoms with Gasteiger partial charge in [-0.15, -0.1) is 0 Å². The molecule has 206 valence electrons. The van der Waals surface area contributed by atoms with E-state index in [9.17, 15) is 24.0 Å². The molecule has 0 fully saturated rings. The maximum atomic E-state index is 12.5. The van der Waals surface area contributed by atoms with Crippen LogP contribution in [0.25, 0.3) is 0 Å². The first kappa shape index (κ1) is 30.9. The minimum atomic E-state index is -1.01. The van der Waals surface area contributed by atoms with Crippen LogP contribution in [-0.4, -0.2) is 59.7 Å². The summed E-state index contributed by atoms with van der Waals surface area (Å²) >= 11 is 0. The number of furan rings is 1. The number of guanidine groups is 1. The van der Waals surface area contributed by atoms with E-state index in [1.165, 1.54) is 12.1 Å². The van der Waals surface area contributed by atoms with Gasteiger partial charge in [0.15, 0.2) is 11.5 Å². The van der Waals surface area contributed by atoms with Crippen LogP contribution >= 0.6 is 0 Å². The number of carbonyl (C=O) groups excluding carboxylic acids is 5. The van der Waals surface area contributed by atoms with E-state index in [0.29, 0.717) is 19.4 Å². The molecule has 0 aromatic carbocycles. The van der Waals surface area contributed by atoms with Crippen LogP contribution in [-0.2, 0) is 14.3 Å². The van der Waals surface area contributed by atoms with Crippen molar-refractivity contribution in [2.45, 2.75) is 78.0 Å². The van der Waals surface area contributed by atoms with Crippen LogP contribution in [0.15, 0.2) is 16.5 Å². The van der Waals surface area contributed by atoms with Crippen LogP contribution in [0.2, 0.25) is 0 Å². The smallest absolute Gasteiger partial charge is 0.414 e. The summed E-state index contributed by atoms with van der Waals surface area (Å²) < 4.78 is 15.3. The Morgan fingerprint density at radius 1 is 0.892 bits per heavy atom. The van der Waals surface area contributed by atoms with Gasteiger partial charge in [0.25, 0.3) is 11.8 Å². The largest absolute Gasteiger partial charge is 0.446 e. The molecule has 1 heterocycles. The molecular formula is C23H36N6O8. The first-order chi connectivity index (χ1) is 17.0. The second kappa shape index (κ2) is 13.3. The van der Waals surface area contributed by atoms with E-state index in [4.69, 9.17) is 25.0 Å². The summed E-state index contributed by atoms with van der Waals surface area (Å²) in [6.07, 6.45) is -0.315. The minimum Gasteiger partial charge on any atom is -0.446 e. The van der Waals surface area contributed by atoms with Crippen molar-refractivity contribution in [2.24, 2.45) is 5.73 Å². The van der Waals surface area contributed by atoms with Crippen molar-refractivity contribution in [1.82, 2.24) is 21.3 Å². The predicted octanol–water partition coefficient (Wildman–Crippen LogP) is 1.75. The van der Waals surface area contributed by atoms with Crippen molar-refractivity contribution in [3.63, 3.8) is 0 Å². The highest BCUT2D eigenvalue weighted by atomic mass is 16.6. The van der Waals surface area contributed by atoms with Crippen molar-refractivity contribution >= 4 is 35.9 Å². The Bertz CT molecular complexity index is 1010. The summed E-state index contributed by atoms with van der Waals surface area (Å²) in [5.74, 6) is -3.68. The van der Waals surface area contributed by atoms with Gasteiger partial charge in [-0.3, -0.25) is 30.4 Å². The Labute approximate surface area is 214 Å². The fourth-order valence-electron chi connectivity index (χ4n) is 2.69. The average Bonchev–Trinajstić information content (AvgIpc) is 3.20. The zero-order chi connectivity index (χ0) is 28.4. The van der Waals surface area contributed by atoms with Crippen molar-refractivity contribution in [3.8, 4) is 0 Å². The van der Waals surface area contributed by atoms with Crippen molar-refractivity contribution in [3.05, 3.63) is 23.7 Å². The first-order valence-electron chi connectivity index (χ1n) is 11.5. The number of hydrogen-bond acceptors (Lipinski definition) is 9. The van der Waals surface area contributed by atoms with Gasteiger partial charge in [-0.2, -0.15) is 0 Å². The van der Waals surface area contributed by atoms with Gasteiger partial charge in [0.05, 0.1) is 0 Å². The molecule has 1 atom stereocenters. The summed E-state index contributed by atoms with van der Waals surface area (Å²) in [4.78, 5) is 59.8. The van der Waals surface area contributed by atoms with Gasteiger partial charge in [0.1, 0.15) is 17.2 Å². The monoisotopic (exact) mass is 524 g/mol. The molecule has 0 aliphatic heterocycles. The summed E-state index contributed by atoms with van der Waals surface area (Å²) in [5.41, 5.74) is 3.97. The highest BCUT2D eigenvalue weighted by Gasteiger charge is 2.23. The van der Waals surface area contributed by atoms with Gasteiger partial charge in [-0.05, 0) is 72.9 Å². The summed E-state index contributed by atoms with van der Waals surface area (Å²) in [6.45, 7) is 10.5. The molecule has 0 aliphatic carbocycles. The average molecular weight is 525 g/mol. The Kier molecular flexibility index (Phi) is 11.1. The fraction of sp³-hybridized carbons (Fsp3) is 0.565. The van der Waals surface area contributed by atoms with Gasteiger partial charge in [0, 0.05) is 6.54 Å². The molecule has 1 aromatic rings. The number of ether oxygens (including phenoxy) is 2. The predicted molar refractivity (Wildman–Crippen MR) is 132 cm³/mol. The number of unbranched alkanes of at least 4 members (excludes halogenated alkanes) is 1. The highest BCUT2D eigenvalue weighted by molar-refractivity contribution is 6.07. The molecule has 7 N–H and O–H groups in total. The molecule has 0 saturated heterocycles. The third kappa shape index (κ3) is 13.0. The van der Waals surface area contributed by atoms with E-state index < -0.39 is 53.1 Å². The molecular weight excluding hydrogens is 488 g/mol. The van der Waals surface area contributed by atoms with Crippen LogP contribution in [0, 0.1) is 5.41 Å². The molecule has 0 radical (unpaired) electrons. The molecule has 14 heteroatoms. The molecule has 0 spiro atoms. The Morgan fingerprint density at radius 2 is 1.43 bits per heavy atom. The maximum absolute atomic E-state index is 12.5. The summed E-state index contributed by atoms with van der Waals surface area (Å²) in [7, 11) is 0. The highest BCUT2D eigenvalue weighted by Crippen LogP contribution is 2.10. The Morgan fingerprint density at radius 3 is 1.97 bits per heavy atom. The molecule has 14 nitrogen and oxygen atoms in total. The third-order valence-corrected chi connectivity index (χ3v) is 4.15. The lowest BCUT2D eigenvalue weighted by Gasteiger charge is -2.19. The second-order valence-corrected chi connectivity index (χ2v) is 9.97. The number of nitrogens with one attached hydrogen (secondary N) is 5. The first-order valence-corrected chi connectivity index (χ1v) is 11.5. The quantitative estimate of drug-likeness (QED) is 0.158. The zero-order valence-corrected chi connectivity index (χ0v) is 21.9. The van der Waals surface area contributed by atoms with Gasteiger partial charge in [-0.25, -0.2) is 9.59 Å². The molecule has 37 heavy (non-hydrogen) atoms. The molecule has 1 rings (SSSR count). The summed E-state index contributed by atoms with van der Waals surface area (Å²) in [6, 6.07) is 1.38. The topological polar surface area (TPSA) is 215 Å². The second-order valence-electron chi connectivity index (χ2n) is 9.97. The molecule has 1 aromatic heterocycles. The fourth-order valence-corrected chi connectivity index (χ4v) is 2.69. The number of alkyl carbamates (subject to hydrolysis) is 2. The molecule has 5 amide bonds. The third-order valence-electron chi connectivity index (χ3n) is 4.15. The van der Waals surface area contributed by atoms with Crippen molar-refractivity contribution in [1.29, 1.82) is 5.41 Å². The Balaban J connectivity index is 2.54. The molecule has 0 unspecified atom stereocenters. The minimum absolute atomic E-state index is 0.207. The van der Waals surface area contributed by atoms with Gasteiger partial charge in [-0.1, -0.05) is 0 Å². The van der Waals surface area contributed by atoms with E-state index in [2.05, 4.69) is 16.0 Å². The van der Waals surface area contributed by atoms with Crippen LogP contribution in [0.1, 0.15) is 81.9 Å². The lowest BCUT2D eigenvalue weighted by Crippen LogP contribution is -2.45. The number of rotatable bonds is 9. The lowest BCUT2D eigenvalue weighted by atomic mass is 10.1. The maximum Gasteiger partial charge on any atom is 0.414 e. The zero-order valence-electron chi connectivity index (χ0n) is 21.9. The Hall–Kier alpha value is -4.10. The van der Waals surface area contributed by atoms with Crippen LogP contribution in [0.3, 0.4) is 0 Å². The van der Waals surface area contributed by atoms with Gasteiger partial charge in [0.2, 0.25) is 11.9 Å². The van der Waals surface area contributed by atoms with E-state index in [1.54, 1.807) is 41.5 Å². The SMILES string of the molecule is CC(C)(C)OC(=O)NCCCC[C@H](NC(=O)c1ccc(C(=O)NC(=N)NC(=O)OC(C)(C)C)o1)C(N)=O. The molecule has 0 saturated carbocycles. The van der Waals surface area contributed by atoms with Gasteiger partial charge >= 0.3 is 12.2 Å². The van der Waals surface area contributed by atoms with E-state index >= 15 is 0 Å². The summed E-state index contributed by atoms with van der Waals surface area (Å²) in [5, 5.41) is 16.8. The molecule has 0 aliphatic rings. The molecule has 0 bridgehead atoms. The lowest BCUT2D eigenvalue weighted by molar-refractivity contribution is -0.120. The van der Waals surface area contributed by atoms with Crippen LogP contribution in [0.5, 0.6) is 0 Å².